The fraction of sp³-hybridized carbons (Fsp3) is 0.222. The molecule has 0 aliphatic rings. The molecule has 0 saturated carbocycles. The first-order valence-electron chi connectivity index (χ1n) is 7.75. The van der Waals surface area contributed by atoms with Gasteiger partial charge >= 0.3 is 0 Å². The van der Waals surface area contributed by atoms with Crippen molar-refractivity contribution in [3.05, 3.63) is 58.6 Å². The van der Waals surface area contributed by atoms with Gasteiger partial charge in [-0.25, -0.2) is 8.42 Å². The number of hydrogen-bond acceptors (Lipinski definition) is 4. The van der Waals surface area contributed by atoms with Crippen molar-refractivity contribution in [1.29, 1.82) is 5.26 Å². The van der Waals surface area contributed by atoms with Gasteiger partial charge in [-0.05, 0) is 36.8 Å². The minimum atomic E-state index is -3.65. The summed E-state index contributed by atoms with van der Waals surface area (Å²) in [6.07, 6.45) is 0.971. The second kappa shape index (κ2) is 8.21. The number of para-hydroxylation sites is 1. The molecule has 0 aromatic heterocycles. The summed E-state index contributed by atoms with van der Waals surface area (Å²) in [7, 11) is -3.65. The van der Waals surface area contributed by atoms with Gasteiger partial charge in [-0.3, -0.25) is 9.10 Å². The van der Waals surface area contributed by atoms with E-state index in [-0.39, 0.29) is 30.1 Å². The number of rotatable bonds is 6. The molecule has 1 amide bonds. The third-order valence-corrected chi connectivity index (χ3v) is 5.12. The second-order valence-electron chi connectivity index (χ2n) is 5.72. The summed E-state index contributed by atoms with van der Waals surface area (Å²) >= 11 is 5.93. The molecule has 2 rings (SSSR count). The van der Waals surface area contributed by atoms with Gasteiger partial charge in [0.05, 0.1) is 17.5 Å². The third kappa shape index (κ3) is 4.97. The number of amides is 1. The Kier molecular flexibility index (Phi) is 6.24. The van der Waals surface area contributed by atoms with Gasteiger partial charge < -0.3 is 5.32 Å². The van der Waals surface area contributed by atoms with Crippen molar-refractivity contribution in [2.75, 3.05) is 22.4 Å². The van der Waals surface area contributed by atoms with Crippen LogP contribution in [0.3, 0.4) is 0 Å². The van der Waals surface area contributed by atoms with Gasteiger partial charge in [0, 0.05) is 23.7 Å². The zero-order chi connectivity index (χ0) is 19.3. The number of halogens is 1. The largest absolute Gasteiger partial charge is 0.326 e. The van der Waals surface area contributed by atoms with Crippen LogP contribution in [0.5, 0.6) is 0 Å². The molecule has 6 nitrogen and oxygen atoms in total. The molecule has 1 N–H and O–H groups in total. The van der Waals surface area contributed by atoms with Crippen LogP contribution in [0.15, 0.2) is 42.5 Å². The monoisotopic (exact) mass is 391 g/mol. The summed E-state index contributed by atoms with van der Waals surface area (Å²) in [5, 5.41) is 12.4. The molecule has 0 spiro atoms. The molecular weight excluding hydrogens is 374 g/mol. The van der Waals surface area contributed by atoms with E-state index in [2.05, 4.69) is 5.32 Å². The Labute approximate surface area is 158 Å². The summed E-state index contributed by atoms with van der Waals surface area (Å²) in [6, 6.07) is 13.5. The van der Waals surface area contributed by atoms with E-state index in [4.69, 9.17) is 11.6 Å². The Bertz CT molecular complexity index is 968. The highest BCUT2D eigenvalue weighted by molar-refractivity contribution is 7.92. The number of benzene rings is 2. The van der Waals surface area contributed by atoms with E-state index < -0.39 is 10.0 Å². The molecule has 0 heterocycles. The third-order valence-electron chi connectivity index (χ3n) is 3.71. The Morgan fingerprint density at radius 1 is 1.27 bits per heavy atom. The molecule has 2 aromatic carbocycles. The number of carbonyl (C=O) groups excluding carboxylic acids is 1. The fourth-order valence-electron chi connectivity index (χ4n) is 2.40. The topological polar surface area (TPSA) is 90.3 Å². The van der Waals surface area contributed by atoms with E-state index in [0.717, 1.165) is 16.1 Å². The normalized spacial score (nSPS) is 10.8. The van der Waals surface area contributed by atoms with Crippen LogP contribution in [0.2, 0.25) is 5.02 Å². The maximum atomic E-state index is 12.3. The highest BCUT2D eigenvalue weighted by Gasteiger charge is 2.21. The van der Waals surface area contributed by atoms with E-state index in [1.165, 1.54) is 6.07 Å². The lowest BCUT2D eigenvalue weighted by Crippen LogP contribution is -2.33. The molecule has 8 heteroatoms. The lowest BCUT2D eigenvalue weighted by atomic mass is 10.2. The molecule has 0 saturated heterocycles. The number of sulfonamides is 1. The molecule has 0 aliphatic carbocycles. The minimum absolute atomic E-state index is 0.0706. The molecule has 136 valence electrons. The van der Waals surface area contributed by atoms with E-state index in [1.54, 1.807) is 36.4 Å². The summed E-state index contributed by atoms with van der Waals surface area (Å²) in [5.74, 6) is -0.349. The first-order chi connectivity index (χ1) is 12.2. The standard InChI is InChI=1S/C18H18ClN3O3S/c1-13-7-8-15(19)11-16(13)21-18(23)9-10-22(26(2,24)25)17-6-4-3-5-14(17)12-20/h3-8,11H,9-10H2,1-2H3,(H,21,23). The molecule has 0 fully saturated rings. The van der Waals surface area contributed by atoms with E-state index >= 15 is 0 Å². The van der Waals surface area contributed by atoms with Crippen molar-refractivity contribution in [2.24, 2.45) is 0 Å². The molecule has 0 radical (unpaired) electrons. The number of nitriles is 1. The summed E-state index contributed by atoms with van der Waals surface area (Å²) in [6.45, 7) is 1.75. The lowest BCUT2D eigenvalue weighted by molar-refractivity contribution is -0.116. The number of nitrogens with one attached hydrogen (secondary N) is 1. The van der Waals surface area contributed by atoms with Crippen LogP contribution in [0, 0.1) is 18.3 Å². The highest BCUT2D eigenvalue weighted by Crippen LogP contribution is 2.23. The summed E-state index contributed by atoms with van der Waals surface area (Å²) in [4.78, 5) is 12.3. The summed E-state index contributed by atoms with van der Waals surface area (Å²) in [5.41, 5.74) is 1.90. The van der Waals surface area contributed by atoms with Crippen LogP contribution >= 0.6 is 11.6 Å². The summed E-state index contributed by atoms with van der Waals surface area (Å²) < 4.78 is 25.3. The Balaban J connectivity index is 2.17. The van der Waals surface area contributed by atoms with Crippen LogP contribution in [0.4, 0.5) is 11.4 Å². The Morgan fingerprint density at radius 2 is 1.96 bits per heavy atom. The molecule has 2 aromatic rings. The van der Waals surface area contributed by atoms with Crippen LogP contribution in [0.25, 0.3) is 0 Å². The number of nitrogens with zero attached hydrogens (tertiary/aromatic N) is 2. The average molecular weight is 392 g/mol. The van der Waals surface area contributed by atoms with Crippen molar-refractivity contribution in [3.63, 3.8) is 0 Å². The van der Waals surface area contributed by atoms with Crippen molar-refractivity contribution in [1.82, 2.24) is 0 Å². The van der Waals surface area contributed by atoms with Crippen LogP contribution in [-0.4, -0.2) is 27.1 Å². The first kappa shape index (κ1) is 19.8. The van der Waals surface area contributed by atoms with E-state index in [1.807, 2.05) is 13.0 Å². The molecule has 0 atom stereocenters. The maximum absolute atomic E-state index is 12.3. The number of carbonyl (C=O) groups is 1. The van der Waals surface area contributed by atoms with Gasteiger partial charge in [0.15, 0.2) is 0 Å². The molecule has 26 heavy (non-hydrogen) atoms. The van der Waals surface area contributed by atoms with Crippen molar-refractivity contribution < 1.29 is 13.2 Å². The number of hydrogen-bond donors (Lipinski definition) is 1. The van der Waals surface area contributed by atoms with E-state index in [9.17, 15) is 18.5 Å². The van der Waals surface area contributed by atoms with Crippen molar-refractivity contribution >= 4 is 38.9 Å². The van der Waals surface area contributed by atoms with Crippen molar-refractivity contribution in [2.45, 2.75) is 13.3 Å². The predicted octanol–water partition coefficient (Wildman–Crippen LogP) is 3.31. The van der Waals surface area contributed by atoms with Gasteiger partial charge in [0.2, 0.25) is 15.9 Å². The maximum Gasteiger partial charge on any atom is 0.232 e. The molecule has 0 bridgehead atoms. The smallest absolute Gasteiger partial charge is 0.232 e. The average Bonchev–Trinajstić information content (AvgIpc) is 2.57. The van der Waals surface area contributed by atoms with Crippen molar-refractivity contribution in [3.8, 4) is 6.07 Å². The number of anilines is 2. The highest BCUT2D eigenvalue weighted by atomic mass is 35.5. The second-order valence-corrected chi connectivity index (χ2v) is 8.06. The SMILES string of the molecule is Cc1ccc(Cl)cc1NC(=O)CCN(c1ccccc1C#N)S(C)(=O)=O. The Morgan fingerprint density at radius 3 is 2.62 bits per heavy atom. The van der Waals surface area contributed by atoms with Gasteiger partial charge in [-0.2, -0.15) is 5.26 Å². The van der Waals surface area contributed by atoms with Crippen LogP contribution in [-0.2, 0) is 14.8 Å². The van der Waals surface area contributed by atoms with Gasteiger partial charge in [0.25, 0.3) is 0 Å². The predicted molar refractivity (Wildman–Crippen MR) is 103 cm³/mol. The zero-order valence-corrected chi connectivity index (χ0v) is 15.9. The lowest BCUT2D eigenvalue weighted by Gasteiger charge is -2.23. The quantitative estimate of drug-likeness (QED) is 0.817. The molecule has 0 aliphatic heterocycles. The zero-order valence-electron chi connectivity index (χ0n) is 14.4. The fourth-order valence-corrected chi connectivity index (χ4v) is 3.51. The number of aryl methyl sites for hydroxylation is 1. The first-order valence-corrected chi connectivity index (χ1v) is 9.98. The van der Waals surface area contributed by atoms with Crippen LogP contribution in [0.1, 0.15) is 17.5 Å². The van der Waals surface area contributed by atoms with E-state index in [0.29, 0.717) is 10.7 Å². The van der Waals surface area contributed by atoms with Gasteiger partial charge in [-0.1, -0.05) is 29.8 Å². The van der Waals surface area contributed by atoms with Gasteiger partial charge in [-0.15, -0.1) is 0 Å². The van der Waals surface area contributed by atoms with Crippen LogP contribution < -0.4 is 9.62 Å². The Hall–Kier alpha value is -2.56. The van der Waals surface area contributed by atoms with Gasteiger partial charge in [0.1, 0.15) is 6.07 Å². The minimum Gasteiger partial charge on any atom is -0.326 e. The molecule has 0 unspecified atom stereocenters. The molecular formula is C18H18ClN3O3S.